The van der Waals surface area contributed by atoms with E-state index in [4.69, 9.17) is 4.74 Å². The molecule has 2 unspecified atom stereocenters. The molecular weight excluding hydrogens is 204 g/mol. The molecule has 3 heteroatoms. The van der Waals surface area contributed by atoms with Crippen LogP contribution in [0.1, 0.15) is 53.4 Å². The minimum atomic E-state index is -0.815. The molecule has 0 aromatic rings. The van der Waals surface area contributed by atoms with E-state index >= 15 is 0 Å². The van der Waals surface area contributed by atoms with E-state index in [9.17, 15) is 9.59 Å². The Kier molecular flexibility index (Phi) is 2.24. The third-order valence-corrected chi connectivity index (χ3v) is 5.06. The first-order valence-electron chi connectivity index (χ1n) is 5.98. The zero-order chi connectivity index (χ0) is 12.2. The van der Waals surface area contributed by atoms with Gasteiger partial charge in [0.2, 0.25) is 0 Å². The van der Waals surface area contributed by atoms with E-state index in [0.717, 1.165) is 12.8 Å². The summed E-state index contributed by atoms with van der Waals surface area (Å²) in [5, 5.41) is 0. The molecule has 2 bridgehead atoms. The number of Topliss-reactive ketones (excluding diaryl/α,β-unsaturated/α-hetero) is 1. The second kappa shape index (κ2) is 3.08. The highest BCUT2D eigenvalue weighted by molar-refractivity contribution is 5.90. The van der Waals surface area contributed by atoms with Crippen LogP contribution in [0.15, 0.2) is 0 Å². The lowest BCUT2D eigenvalue weighted by molar-refractivity contribution is -0.188. The highest BCUT2D eigenvalue weighted by Crippen LogP contribution is 2.56. The van der Waals surface area contributed by atoms with Crippen molar-refractivity contribution in [1.82, 2.24) is 0 Å². The highest BCUT2D eigenvalue weighted by Gasteiger charge is 2.60. The predicted molar refractivity (Wildman–Crippen MR) is 59.9 cm³/mol. The van der Waals surface area contributed by atoms with E-state index in [2.05, 4.69) is 13.8 Å². The van der Waals surface area contributed by atoms with Crippen LogP contribution < -0.4 is 0 Å². The Morgan fingerprint density at radius 1 is 1.12 bits per heavy atom. The number of hydrogen-bond acceptors (Lipinski definition) is 3. The van der Waals surface area contributed by atoms with Gasteiger partial charge in [-0.15, -0.1) is 0 Å². The van der Waals surface area contributed by atoms with Crippen LogP contribution in [0, 0.1) is 10.8 Å². The van der Waals surface area contributed by atoms with Crippen molar-refractivity contribution in [2.24, 2.45) is 10.8 Å². The second-order valence-electron chi connectivity index (χ2n) is 6.16. The van der Waals surface area contributed by atoms with E-state index in [-0.39, 0.29) is 17.2 Å². The van der Waals surface area contributed by atoms with Crippen molar-refractivity contribution in [3.05, 3.63) is 0 Å². The molecular formula is C13H20O3. The Bertz CT molecular complexity index is 358. The quantitative estimate of drug-likeness (QED) is 0.643. The molecule has 2 aliphatic heterocycles. The Morgan fingerprint density at radius 2 is 1.69 bits per heavy atom. The molecule has 0 radical (unpaired) electrons. The molecule has 2 heterocycles. The zero-order valence-electron chi connectivity index (χ0n) is 10.6. The molecule has 0 aromatic carbocycles. The molecule has 3 nitrogen and oxygen atoms in total. The number of fused-ring (bicyclic) bond motifs is 4. The smallest absolute Gasteiger partial charge is 0.313 e. The zero-order valence-corrected chi connectivity index (χ0v) is 10.6. The lowest BCUT2D eigenvalue weighted by Crippen LogP contribution is -2.51. The van der Waals surface area contributed by atoms with Crippen LogP contribution in [0.4, 0.5) is 0 Å². The number of carbonyl (C=O) groups excluding carboxylic acids is 2. The van der Waals surface area contributed by atoms with Gasteiger partial charge in [-0.25, -0.2) is 0 Å². The lowest BCUT2D eigenvalue weighted by Gasteiger charge is -2.44. The SMILES string of the molecule is CC(=O)C12CCC(C)(C)C(C)(CC1)C(=O)O2. The summed E-state index contributed by atoms with van der Waals surface area (Å²) in [4.78, 5) is 23.9. The summed E-state index contributed by atoms with van der Waals surface area (Å²) in [6.45, 7) is 7.73. The van der Waals surface area contributed by atoms with Crippen LogP contribution in [0.2, 0.25) is 0 Å². The first-order valence-corrected chi connectivity index (χ1v) is 5.98. The fourth-order valence-corrected chi connectivity index (χ4v) is 2.90. The van der Waals surface area contributed by atoms with E-state index in [0.29, 0.717) is 12.8 Å². The van der Waals surface area contributed by atoms with Crippen molar-refractivity contribution < 1.29 is 14.3 Å². The first kappa shape index (κ1) is 11.6. The Hall–Kier alpha value is -0.860. The number of ether oxygens (including phenoxy) is 1. The van der Waals surface area contributed by atoms with Crippen molar-refractivity contribution in [3.63, 3.8) is 0 Å². The molecule has 3 fully saturated rings. The first-order chi connectivity index (χ1) is 7.24. The van der Waals surface area contributed by atoms with Gasteiger partial charge in [0, 0.05) is 0 Å². The maximum atomic E-state index is 12.1. The normalized spacial score (nSPS) is 41.4. The van der Waals surface area contributed by atoms with Gasteiger partial charge in [0.25, 0.3) is 0 Å². The standard InChI is InChI=1S/C13H20O3/c1-9(14)13-7-5-11(2,3)12(4,6-8-13)10(15)16-13/h5-8H2,1-4H3. The Morgan fingerprint density at radius 3 is 2.19 bits per heavy atom. The minimum absolute atomic E-state index is 0.000556. The molecule has 90 valence electrons. The van der Waals surface area contributed by atoms with Gasteiger partial charge in [-0.1, -0.05) is 13.8 Å². The van der Waals surface area contributed by atoms with Crippen LogP contribution in [-0.4, -0.2) is 17.4 Å². The molecule has 3 aliphatic rings. The van der Waals surface area contributed by atoms with E-state index in [1.165, 1.54) is 6.92 Å². The Balaban J connectivity index is 2.46. The fourth-order valence-electron chi connectivity index (χ4n) is 2.90. The molecule has 16 heavy (non-hydrogen) atoms. The van der Waals surface area contributed by atoms with Crippen molar-refractivity contribution in [2.75, 3.05) is 0 Å². The van der Waals surface area contributed by atoms with Crippen LogP contribution in [-0.2, 0) is 14.3 Å². The van der Waals surface area contributed by atoms with Gasteiger partial charge in [-0.2, -0.15) is 0 Å². The predicted octanol–water partition coefficient (Wildman–Crippen LogP) is 2.48. The third-order valence-electron chi connectivity index (χ3n) is 5.06. The molecule has 0 N–H and O–H groups in total. The van der Waals surface area contributed by atoms with E-state index in [1.54, 1.807) is 0 Å². The van der Waals surface area contributed by atoms with Gasteiger partial charge in [0.1, 0.15) is 0 Å². The molecule has 0 aromatic heterocycles. The van der Waals surface area contributed by atoms with E-state index in [1.807, 2.05) is 6.92 Å². The van der Waals surface area contributed by atoms with Crippen molar-refractivity contribution in [2.45, 2.75) is 59.0 Å². The molecule has 1 aliphatic carbocycles. The van der Waals surface area contributed by atoms with Gasteiger partial charge in [-0.3, -0.25) is 9.59 Å². The summed E-state index contributed by atoms with van der Waals surface area (Å²) in [7, 11) is 0. The van der Waals surface area contributed by atoms with E-state index < -0.39 is 11.0 Å². The van der Waals surface area contributed by atoms with Crippen molar-refractivity contribution in [3.8, 4) is 0 Å². The molecule has 0 amide bonds. The summed E-state index contributed by atoms with van der Waals surface area (Å²) in [6, 6.07) is 0. The largest absolute Gasteiger partial charge is 0.451 e. The highest BCUT2D eigenvalue weighted by atomic mass is 16.6. The molecule has 0 spiro atoms. The monoisotopic (exact) mass is 224 g/mol. The molecule has 1 saturated carbocycles. The summed E-state index contributed by atoms with van der Waals surface area (Å²) < 4.78 is 5.51. The average molecular weight is 224 g/mol. The van der Waals surface area contributed by atoms with Crippen LogP contribution in [0.3, 0.4) is 0 Å². The van der Waals surface area contributed by atoms with Gasteiger partial charge >= 0.3 is 5.97 Å². The number of hydrogen-bond donors (Lipinski definition) is 0. The maximum Gasteiger partial charge on any atom is 0.313 e. The third kappa shape index (κ3) is 1.26. The van der Waals surface area contributed by atoms with Crippen LogP contribution in [0.25, 0.3) is 0 Å². The molecule has 3 rings (SSSR count). The topological polar surface area (TPSA) is 43.4 Å². The number of carbonyl (C=O) groups is 2. The van der Waals surface area contributed by atoms with Gasteiger partial charge in [-0.05, 0) is 44.9 Å². The number of rotatable bonds is 1. The molecule has 2 atom stereocenters. The minimum Gasteiger partial charge on any atom is -0.451 e. The van der Waals surface area contributed by atoms with Gasteiger partial charge < -0.3 is 4.74 Å². The second-order valence-corrected chi connectivity index (χ2v) is 6.16. The van der Waals surface area contributed by atoms with Crippen molar-refractivity contribution in [1.29, 1.82) is 0 Å². The summed E-state index contributed by atoms with van der Waals surface area (Å²) >= 11 is 0. The summed E-state index contributed by atoms with van der Waals surface area (Å²) in [6.07, 6.45) is 3.00. The summed E-state index contributed by atoms with van der Waals surface area (Å²) in [5.74, 6) is -0.183. The van der Waals surface area contributed by atoms with Gasteiger partial charge in [0.15, 0.2) is 11.4 Å². The average Bonchev–Trinajstić information content (AvgIpc) is 2.32. The number of ketones is 1. The summed E-state index contributed by atoms with van der Waals surface area (Å²) in [5.41, 5.74) is -1.33. The fraction of sp³-hybridized carbons (Fsp3) is 0.846. The van der Waals surface area contributed by atoms with Crippen LogP contribution in [0.5, 0.6) is 0 Å². The Labute approximate surface area is 96.5 Å². The van der Waals surface area contributed by atoms with Crippen molar-refractivity contribution >= 4 is 11.8 Å². The van der Waals surface area contributed by atoms with Crippen LogP contribution >= 0.6 is 0 Å². The molecule has 2 saturated heterocycles. The van der Waals surface area contributed by atoms with Gasteiger partial charge in [0.05, 0.1) is 5.41 Å². The maximum absolute atomic E-state index is 12.1. The number of esters is 1. The lowest BCUT2D eigenvalue weighted by atomic mass is 9.63.